The van der Waals surface area contributed by atoms with Gasteiger partial charge < -0.3 is 42.7 Å². The average molecular weight is 486 g/mol. The molecule has 3 unspecified atom stereocenters. The lowest BCUT2D eigenvalue weighted by atomic mass is 10.1. The molecule has 0 aliphatic carbocycles. The topological polar surface area (TPSA) is 251 Å². The summed E-state index contributed by atoms with van der Waals surface area (Å²) in [7, 11) is 0. The summed E-state index contributed by atoms with van der Waals surface area (Å²) in [5.41, 5.74) is 10.5. The van der Waals surface area contributed by atoms with E-state index < -0.39 is 66.8 Å². The second kappa shape index (κ2) is 17.2. The minimum atomic E-state index is -1.22. The van der Waals surface area contributed by atoms with Crippen molar-refractivity contribution in [3.63, 3.8) is 0 Å². The highest BCUT2D eigenvalue weighted by atomic mass is 32.1. The van der Waals surface area contributed by atoms with Gasteiger partial charge in [-0.3, -0.25) is 28.8 Å². The zero-order valence-electron chi connectivity index (χ0n) is 16.3. The number of thiol groups is 2. The van der Waals surface area contributed by atoms with Crippen LogP contribution >= 0.6 is 25.3 Å². The van der Waals surface area contributed by atoms with Crippen molar-refractivity contribution in [3.05, 3.63) is 0 Å². The summed E-state index contributed by atoms with van der Waals surface area (Å²) in [6, 6.07) is -2.89. The van der Waals surface area contributed by atoms with Gasteiger partial charge in [-0.05, 0) is 6.42 Å². The smallest absolute Gasteiger partial charge is 0.322 e. The lowest BCUT2D eigenvalue weighted by molar-refractivity contribution is -0.139. The molecule has 0 aromatic heterocycles. The minimum Gasteiger partial charge on any atom is -0.480 e. The van der Waals surface area contributed by atoms with E-state index in [2.05, 4.69) is 41.2 Å². The fraction of sp³-hybridized carbons (Fsp3) is 0.600. The summed E-state index contributed by atoms with van der Waals surface area (Å²) in [4.78, 5) is 64.4. The summed E-state index contributed by atoms with van der Waals surface area (Å²) in [6.07, 6.45) is -0.235. The van der Waals surface area contributed by atoms with E-state index in [1.807, 2.05) is 0 Å². The summed E-state index contributed by atoms with van der Waals surface area (Å²) in [6.45, 7) is -0.969. The first kappa shape index (κ1) is 30.6. The van der Waals surface area contributed by atoms with Crippen LogP contribution in [0.4, 0.5) is 0 Å². The van der Waals surface area contributed by atoms with Gasteiger partial charge >= 0.3 is 17.9 Å². The Morgan fingerprint density at radius 2 is 1.26 bits per heavy atom. The molecule has 0 radical (unpaired) electrons. The molecule has 0 saturated carbocycles. The standard InChI is InChI=1S/C10H17N3O6S.C5H10N2O3S/c11-5(10(18)19)1-2-7(14)13-6(4-20)9(17)12-3-8(15)16;6-3(2-11)5(10)7-1-4(8)9/h5-6,20H,1-4,11H2,(H,12,17)(H,13,14)(H,15,16)(H,18,19);3,11H,1-2,6H2,(H,7,10)(H,8,9). The Bertz CT molecular complexity index is 650. The Morgan fingerprint density at radius 1 is 0.774 bits per heavy atom. The van der Waals surface area contributed by atoms with Crippen LogP contribution in [-0.4, -0.2) is 93.7 Å². The van der Waals surface area contributed by atoms with Gasteiger partial charge in [-0.2, -0.15) is 25.3 Å². The molecule has 0 rings (SSSR count). The number of aliphatic carboxylic acids is 3. The van der Waals surface area contributed by atoms with Crippen molar-refractivity contribution in [1.82, 2.24) is 16.0 Å². The maximum Gasteiger partial charge on any atom is 0.322 e. The summed E-state index contributed by atoms with van der Waals surface area (Å²) >= 11 is 7.64. The van der Waals surface area contributed by atoms with Gasteiger partial charge in [-0.15, -0.1) is 0 Å². The van der Waals surface area contributed by atoms with Gasteiger partial charge in [0.1, 0.15) is 25.2 Å². The number of hydrogen-bond donors (Lipinski definition) is 10. The highest BCUT2D eigenvalue weighted by molar-refractivity contribution is 7.80. The Labute approximate surface area is 188 Å². The Kier molecular flexibility index (Phi) is 17.0. The molecule has 0 saturated heterocycles. The first-order valence-corrected chi connectivity index (χ1v) is 9.86. The first-order chi connectivity index (χ1) is 14.3. The number of carboxylic acids is 3. The zero-order chi connectivity index (χ0) is 24.6. The van der Waals surface area contributed by atoms with Crippen molar-refractivity contribution >= 4 is 60.9 Å². The molecule has 0 heterocycles. The van der Waals surface area contributed by atoms with E-state index in [9.17, 15) is 28.8 Å². The van der Waals surface area contributed by atoms with Crippen LogP contribution in [0.2, 0.25) is 0 Å². The highest BCUT2D eigenvalue weighted by Gasteiger charge is 2.21. The van der Waals surface area contributed by atoms with E-state index in [4.69, 9.17) is 26.8 Å². The van der Waals surface area contributed by atoms with Gasteiger partial charge in [-0.1, -0.05) is 0 Å². The van der Waals surface area contributed by atoms with Crippen molar-refractivity contribution in [2.24, 2.45) is 11.5 Å². The molecule has 0 fully saturated rings. The second-order valence-electron chi connectivity index (χ2n) is 5.80. The van der Waals surface area contributed by atoms with Crippen LogP contribution in [-0.2, 0) is 28.8 Å². The average Bonchev–Trinajstić information content (AvgIpc) is 2.71. The third kappa shape index (κ3) is 16.9. The van der Waals surface area contributed by atoms with Gasteiger partial charge in [0.2, 0.25) is 17.7 Å². The van der Waals surface area contributed by atoms with Crippen LogP contribution < -0.4 is 27.4 Å². The minimum absolute atomic E-state index is 0.0256. The number of carboxylic acid groups (broad SMARTS) is 3. The largest absolute Gasteiger partial charge is 0.480 e. The molecule has 0 spiro atoms. The quantitative estimate of drug-likeness (QED) is 0.113. The number of carbonyl (C=O) groups excluding carboxylic acids is 3. The first-order valence-electron chi connectivity index (χ1n) is 8.59. The fourth-order valence-corrected chi connectivity index (χ4v) is 1.96. The second-order valence-corrected chi connectivity index (χ2v) is 6.53. The van der Waals surface area contributed by atoms with E-state index in [0.717, 1.165) is 0 Å². The maximum atomic E-state index is 11.5. The molecule has 16 heteroatoms. The number of amides is 3. The van der Waals surface area contributed by atoms with Crippen LogP contribution in [0, 0.1) is 0 Å². The monoisotopic (exact) mass is 485 g/mol. The van der Waals surface area contributed by atoms with Crippen molar-refractivity contribution in [2.75, 3.05) is 24.6 Å². The summed E-state index contributed by atoms with van der Waals surface area (Å²) in [5.74, 6) is -5.09. The van der Waals surface area contributed by atoms with Crippen molar-refractivity contribution < 1.29 is 44.1 Å². The molecule has 0 aromatic carbocycles. The molecule has 0 bridgehead atoms. The highest BCUT2D eigenvalue weighted by Crippen LogP contribution is 1.97. The molecule has 0 aliphatic heterocycles. The predicted molar refractivity (Wildman–Crippen MR) is 114 cm³/mol. The van der Waals surface area contributed by atoms with E-state index in [1.165, 1.54) is 0 Å². The van der Waals surface area contributed by atoms with Crippen molar-refractivity contribution in [2.45, 2.75) is 31.0 Å². The zero-order valence-corrected chi connectivity index (χ0v) is 18.1. The number of nitrogens with two attached hydrogens (primary N) is 2. The van der Waals surface area contributed by atoms with Gasteiger partial charge in [0.05, 0.1) is 6.04 Å². The van der Waals surface area contributed by atoms with E-state index >= 15 is 0 Å². The van der Waals surface area contributed by atoms with E-state index in [-0.39, 0.29) is 24.3 Å². The van der Waals surface area contributed by atoms with Gasteiger partial charge in [0.25, 0.3) is 0 Å². The predicted octanol–water partition coefficient (Wildman–Crippen LogP) is -3.76. The lowest BCUT2D eigenvalue weighted by Gasteiger charge is -2.16. The van der Waals surface area contributed by atoms with Gasteiger partial charge in [-0.25, -0.2) is 0 Å². The molecular formula is C15H27N5O9S2. The molecule has 3 atom stereocenters. The van der Waals surface area contributed by atoms with Crippen LogP contribution in [0.3, 0.4) is 0 Å². The normalized spacial score (nSPS) is 12.8. The molecule has 0 aliphatic rings. The van der Waals surface area contributed by atoms with E-state index in [1.54, 1.807) is 0 Å². The molecule has 0 aromatic rings. The summed E-state index contributed by atoms with van der Waals surface area (Å²) in [5, 5.41) is 31.6. The molecular weight excluding hydrogens is 458 g/mol. The maximum absolute atomic E-state index is 11.5. The number of hydrogen-bond acceptors (Lipinski definition) is 10. The lowest BCUT2D eigenvalue weighted by Crippen LogP contribution is -2.49. The van der Waals surface area contributed by atoms with Crippen LogP contribution in [0.15, 0.2) is 0 Å². The van der Waals surface area contributed by atoms with Crippen molar-refractivity contribution in [3.8, 4) is 0 Å². The Hall–Kier alpha value is -2.56. The summed E-state index contributed by atoms with van der Waals surface area (Å²) < 4.78 is 0. The number of rotatable bonds is 13. The fourth-order valence-electron chi connectivity index (χ4n) is 1.53. The Morgan fingerprint density at radius 3 is 1.65 bits per heavy atom. The molecule has 10 N–H and O–H groups in total. The SMILES string of the molecule is NC(CCC(=O)NC(CS)C(=O)NCC(=O)O)C(=O)O.NC(CS)C(=O)NCC(=O)O. The van der Waals surface area contributed by atoms with Gasteiger partial charge in [0.15, 0.2) is 0 Å². The third-order valence-corrected chi connectivity index (χ3v) is 3.95. The van der Waals surface area contributed by atoms with Crippen LogP contribution in [0.25, 0.3) is 0 Å². The van der Waals surface area contributed by atoms with Gasteiger partial charge in [0, 0.05) is 17.9 Å². The molecule has 178 valence electrons. The third-order valence-electron chi connectivity index (χ3n) is 3.20. The molecule has 3 amide bonds. The van der Waals surface area contributed by atoms with Crippen molar-refractivity contribution in [1.29, 1.82) is 0 Å². The number of nitrogens with one attached hydrogen (secondary N) is 3. The van der Waals surface area contributed by atoms with Crippen LogP contribution in [0.1, 0.15) is 12.8 Å². The Balaban J connectivity index is 0. The van der Waals surface area contributed by atoms with Crippen LogP contribution in [0.5, 0.6) is 0 Å². The molecule has 31 heavy (non-hydrogen) atoms. The molecule has 14 nitrogen and oxygen atoms in total. The number of carbonyl (C=O) groups is 6. The van der Waals surface area contributed by atoms with E-state index in [0.29, 0.717) is 0 Å².